The third kappa shape index (κ3) is 3.01. The summed E-state index contributed by atoms with van der Waals surface area (Å²) in [6.07, 6.45) is 3.25. The number of hydrogen-bond acceptors (Lipinski definition) is 2. The molecule has 1 aromatic carbocycles. The van der Waals surface area contributed by atoms with Crippen LogP contribution in [0.1, 0.15) is 40.0 Å². The van der Waals surface area contributed by atoms with Crippen LogP contribution in [0, 0.1) is 5.82 Å². The fourth-order valence-electron chi connectivity index (χ4n) is 3.01. The van der Waals surface area contributed by atoms with Gasteiger partial charge in [0.2, 0.25) is 0 Å². The molecule has 4 heteroatoms. The topological polar surface area (TPSA) is 15.3 Å². The van der Waals surface area contributed by atoms with Crippen molar-refractivity contribution in [2.45, 2.75) is 51.6 Å². The quantitative estimate of drug-likeness (QED) is 0.875. The molecule has 0 spiro atoms. The van der Waals surface area contributed by atoms with E-state index in [0.29, 0.717) is 10.5 Å². The van der Waals surface area contributed by atoms with Gasteiger partial charge in [0.05, 0.1) is 4.47 Å². The maximum absolute atomic E-state index is 13.8. The van der Waals surface area contributed by atoms with Gasteiger partial charge in [-0.15, -0.1) is 0 Å². The van der Waals surface area contributed by atoms with Crippen molar-refractivity contribution in [3.05, 3.63) is 28.5 Å². The van der Waals surface area contributed by atoms with Crippen LogP contribution in [0.2, 0.25) is 0 Å². The maximum Gasteiger partial charge on any atom is 0.139 e. The summed E-state index contributed by atoms with van der Waals surface area (Å²) >= 11 is 3.23. The standard InChI is InChI=1S/C16H24BrFN2/c1-4-12-10-19-16(5-2,6-3)11-20(12)13-7-8-14(17)15(18)9-13/h7-9,12,19H,4-6,10-11H2,1-3H3. The van der Waals surface area contributed by atoms with Crippen molar-refractivity contribution >= 4 is 21.6 Å². The Bertz CT molecular complexity index is 460. The molecule has 0 bridgehead atoms. The first-order chi connectivity index (χ1) is 9.55. The highest BCUT2D eigenvalue weighted by Gasteiger charge is 2.36. The first kappa shape index (κ1) is 15.8. The van der Waals surface area contributed by atoms with Gasteiger partial charge in [0, 0.05) is 30.4 Å². The Morgan fingerprint density at radius 3 is 2.60 bits per heavy atom. The summed E-state index contributed by atoms with van der Waals surface area (Å²) in [4.78, 5) is 2.37. The lowest BCUT2D eigenvalue weighted by Crippen LogP contribution is -2.64. The average molecular weight is 343 g/mol. The fraction of sp³-hybridized carbons (Fsp3) is 0.625. The van der Waals surface area contributed by atoms with Gasteiger partial charge in [-0.05, 0) is 53.4 Å². The summed E-state index contributed by atoms with van der Waals surface area (Å²) in [5.41, 5.74) is 1.14. The molecule has 1 aliphatic heterocycles. The maximum atomic E-state index is 13.8. The number of nitrogens with zero attached hydrogens (tertiary/aromatic N) is 1. The lowest BCUT2D eigenvalue weighted by Gasteiger charge is -2.48. The SMILES string of the molecule is CCC1CNC(CC)(CC)CN1c1ccc(Br)c(F)c1. The number of halogens is 2. The van der Waals surface area contributed by atoms with Gasteiger partial charge in [-0.3, -0.25) is 0 Å². The molecule has 0 aliphatic carbocycles. The molecule has 0 aromatic heterocycles. The van der Waals surface area contributed by atoms with Crippen LogP contribution in [0.25, 0.3) is 0 Å². The molecule has 1 saturated heterocycles. The van der Waals surface area contributed by atoms with E-state index in [9.17, 15) is 4.39 Å². The van der Waals surface area contributed by atoms with Crippen molar-refractivity contribution in [1.29, 1.82) is 0 Å². The van der Waals surface area contributed by atoms with Crippen LogP contribution in [0.3, 0.4) is 0 Å². The van der Waals surface area contributed by atoms with Gasteiger partial charge in [-0.2, -0.15) is 0 Å². The van der Waals surface area contributed by atoms with Crippen molar-refractivity contribution in [2.75, 3.05) is 18.0 Å². The smallest absolute Gasteiger partial charge is 0.139 e. The van der Waals surface area contributed by atoms with E-state index in [4.69, 9.17) is 0 Å². The highest BCUT2D eigenvalue weighted by atomic mass is 79.9. The number of benzene rings is 1. The summed E-state index contributed by atoms with van der Waals surface area (Å²) in [7, 11) is 0. The molecule has 0 amide bonds. The van der Waals surface area contributed by atoms with E-state index < -0.39 is 0 Å². The minimum Gasteiger partial charge on any atom is -0.365 e. The van der Waals surface area contributed by atoms with Crippen LogP contribution >= 0.6 is 15.9 Å². The largest absolute Gasteiger partial charge is 0.365 e. The summed E-state index contributed by atoms with van der Waals surface area (Å²) in [6, 6.07) is 5.89. The molecule has 1 aromatic rings. The molecular formula is C16H24BrFN2. The van der Waals surface area contributed by atoms with Gasteiger partial charge in [-0.25, -0.2) is 4.39 Å². The predicted octanol–water partition coefficient (Wildman–Crippen LogP) is 4.34. The molecule has 112 valence electrons. The number of rotatable bonds is 4. The summed E-state index contributed by atoms with van der Waals surface area (Å²) in [6.45, 7) is 8.56. The second kappa shape index (κ2) is 6.44. The Balaban J connectivity index is 2.31. The molecule has 0 saturated carbocycles. The molecule has 0 radical (unpaired) electrons. The van der Waals surface area contributed by atoms with E-state index in [2.05, 4.69) is 46.9 Å². The third-order valence-electron chi connectivity index (χ3n) is 4.69. The lowest BCUT2D eigenvalue weighted by atomic mass is 9.87. The Morgan fingerprint density at radius 1 is 1.35 bits per heavy atom. The molecule has 2 rings (SSSR count). The van der Waals surface area contributed by atoms with Crippen molar-refractivity contribution < 1.29 is 4.39 Å². The molecule has 1 N–H and O–H groups in total. The zero-order valence-corrected chi connectivity index (χ0v) is 14.1. The van der Waals surface area contributed by atoms with Crippen molar-refractivity contribution in [3.63, 3.8) is 0 Å². The fourth-order valence-corrected chi connectivity index (χ4v) is 3.26. The number of piperazine rings is 1. The van der Waals surface area contributed by atoms with E-state index in [1.165, 1.54) is 0 Å². The first-order valence-electron chi connectivity index (χ1n) is 7.52. The second-order valence-corrected chi connectivity index (χ2v) is 6.51. The normalized spacial score (nSPS) is 22.1. The van der Waals surface area contributed by atoms with Gasteiger partial charge in [-0.1, -0.05) is 20.8 Å². The average Bonchev–Trinajstić information content (AvgIpc) is 2.49. The van der Waals surface area contributed by atoms with Crippen LogP contribution in [0.4, 0.5) is 10.1 Å². The molecule has 20 heavy (non-hydrogen) atoms. The second-order valence-electron chi connectivity index (χ2n) is 5.66. The molecular weight excluding hydrogens is 319 g/mol. The first-order valence-corrected chi connectivity index (χ1v) is 8.31. The Labute approximate surface area is 129 Å². The van der Waals surface area contributed by atoms with Crippen LogP contribution < -0.4 is 10.2 Å². The molecule has 1 atom stereocenters. The van der Waals surface area contributed by atoms with Crippen LogP contribution in [-0.2, 0) is 0 Å². The highest BCUT2D eigenvalue weighted by molar-refractivity contribution is 9.10. The molecule has 1 aliphatic rings. The number of anilines is 1. The molecule has 1 unspecified atom stereocenters. The zero-order valence-electron chi connectivity index (χ0n) is 12.5. The van der Waals surface area contributed by atoms with Gasteiger partial charge in [0.25, 0.3) is 0 Å². The van der Waals surface area contributed by atoms with Crippen LogP contribution in [0.5, 0.6) is 0 Å². The lowest BCUT2D eigenvalue weighted by molar-refractivity contribution is 0.246. The molecule has 1 heterocycles. The van der Waals surface area contributed by atoms with Gasteiger partial charge in [0.15, 0.2) is 0 Å². The zero-order chi connectivity index (χ0) is 14.8. The van der Waals surface area contributed by atoms with E-state index in [0.717, 1.165) is 38.0 Å². The highest BCUT2D eigenvalue weighted by Crippen LogP contribution is 2.30. The van der Waals surface area contributed by atoms with E-state index >= 15 is 0 Å². The van der Waals surface area contributed by atoms with Crippen molar-refractivity contribution in [2.24, 2.45) is 0 Å². The summed E-state index contributed by atoms with van der Waals surface area (Å²) in [5.74, 6) is -0.186. The van der Waals surface area contributed by atoms with Crippen molar-refractivity contribution in [1.82, 2.24) is 5.32 Å². The van der Waals surface area contributed by atoms with Crippen LogP contribution in [-0.4, -0.2) is 24.7 Å². The summed E-state index contributed by atoms with van der Waals surface area (Å²) in [5, 5.41) is 3.71. The minimum atomic E-state index is -0.186. The molecule has 1 fully saturated rings. The Morgan fingerprint density at radius 2 is 2.05 bits per heavy atom. The minimum absolute atomic E-state index is 0.148. The molecule has 2 nitrogen and oxygen atoms in total. The van der Waals surface area contributed by atoms with Crippen molar-refractivity contribution in [3.8, 4) is 0 Å². The van der Waals surface area contributed by atoms with E-state index in [-0.39, 0.29) is 11.4 Å². The van der Waals surface area contributed by atoms with E-state index in [1.54, 1.807) is 12.1 Å². The van der Waals surface area contributed by atoms with Gasteiger partial charge >= 0.3 is 0 Å². The number of hydrogen-bond donors (Lipinski definition) is 1. The van der Waals surface area contributed by atoms with Gasteiger partial charge in [0.1, 0.15) is 5.82 Å². The number of nitrogens with one attached hydrogen (secondary N) is 1. The predicted molar refractivity (Wildman–Crippen MR) is 86.8 cm³/mol. The van der Waals surface area contributed by atoms with Crippen LogP contribution in [0.15, 0.2) is 22.7 Å². The Hall–Kier alpha value is -0.610. The third-order valence-corrected chi connectivity index (χ3v) is 5.33. The van der Waals surface area contributed by atoms with E-state index in [1.807, 2.05) is 6.07 Å². The summed E-state index contributed by atoms with van der Waals surface area (Å²) < 4.78 is 14.4. The monoisotopic (exact) mass is 342 g/mol. The Kier molecular flexibility index (Phi) is 5.08. The van der Waals surface area contributed by atoms with Gasteiger partial charge < -0.3 is 10.2 Å².